The molecule has 2 amide bonds. The van der Waals surface area contributed by atoms with E-state index in [1.54, 1.807) is 37.3 Å². The van der Waals surface area contributed by atoms with E-state index in [0.717, 1.165) is 12.1 Å². The van der Waals surface area contributed by atoms with Crippen molar-refractivity contribution in [2.75, 3.05) is 31.0 Å². The molecule has 6 heteroatoms. The van der Waals surface area contributed by atoms with Gasteiger partial charge in [0.1, 0.15) is 23.4 Å². The molecule has 1 N–H and O–H groups in total. The summed E-state index contributed by atoms with van der Waals surface area (Å²) >= 11 is 0. The van der Waals surface area contributed by atoms with Crippen LogP contribution < -0.4 is 24.4 Å². The van der Waals surface area contributed by atoms with Gasteiger partial charge in [0.05, 0.1) is 32.1 Å². The number of para-hydroxylation sites is 2. The van der Waals surface area contributed by atoms with E-state index in [1.165, 1.54) is 0 Å². The van der Waals surface area contributed by atoms with Gasteiger partial charge in [0.25, 0.3) is 0 Å². The minimum atomic E-state index is -0.235. The Morgan fingerprint density at radius 1 is 1.24 bits per heavy atom. The summed E-state index contributed by atoms with van der Waals surface area (Å²) in [6.45, 7) is 2.53. The Bertz CT molecular complexity index is 763. The molecule has 3 rings (SSSR count). The van der Waals surface area contributed by atoms with Gasteiger partial charge in [0, 0.05) is 6.07 Å². The lowest BCUT2D eigenvalue weighted by Crippen LogP contribution is -2.45. The van der Waals surface area contributed by atoms with Gasteiger partial charge >= 0.3 is 6.03 Å². The van der Waals surface area contributed by atoms with E-state index in [9.17, 15) is 4.79 Å². The Hall–Kier alpha value is -2.89. The molecule has 0 radical (unpaired) electrons. The number of ether oxygens (including phenoxy) is 3. The summed E-state index contributed by atoms with van der Waals surface area (Å²) in [5.74, 6) is 1.93. The Morgan fingerprint density at radius 3 is 2.76 bits per heavy atom. The minimum Gasteiger partial charge on any atom is -0.497 e. The van der Waals surface area contributed by atoms with Crippen LogP contribution in [-0.2, 0) is 0 Å². The van der Waals surface area contributed by atoms with Gasteiger partial charge < -0.3 is 19.5 Å². The van der Waals surface area contributed by atoms with Crippen LogP contribution in [0.3, 0.4) is 0 Å². The predicted octanol–water partition coefficient (Wildman–Crippen LogP) is 3.91. The first-order valence-electron chi connectivity index (χ1n) is 8.22. The average Bonchev–Trinajstić information content (AvgIpc) is 2.66. The summed E-state index contributed by atoms with van der Waals surface area (Å²) in [5, 5.41) is 2.92. The van der Waals surface area contributed by atoms with Crippen molar-refractivity contribution in [3.63, 3.8) is 0 Å². The van der Waals surface area contributed by atoms with Gasteiger partial charge in [0.2, 0.25) is 0 Å². The summed E-state index contributed by atoms with van der Waals surface area (Å²) in [6.07, 6.45) is 0.786. The highest BCUT2D eigenvalue weighted by Crippen LogP contribution is 2.35. The van der Waals surface area contributed by atoms with E-state index in [-0.39, 0.29) is 12.1 Å². The lowest BCUT2D eigenvalue weighted by atomic mass is 10.1. The Morgan fingerprint density at radius 2 is 2.04 bits per heavy atom. The maximum atomic E-state index is 12.9. The topological polar surface area (TPSA) is 60.0 Å². The van der Waals surface area contributed by atoms with Crippen molar-refractivity contribution in [2.45, 2.75) is 19.4 Å². The predicted molar refractivity (Wildman–Crippen MR) is 97.1 cm³/mol. The number of hydrogen-bond donors (Lipinski definition) is 1. The highest BCUT2D eigenvalue weighted by Gasteiger charge is 2.29. The van der Waals surface area contributed by atoms with Crippen molar-refractivity contribution < 1.29 is 19.0 Å². The van der Waals surface area contributed by atoms with Gasteiger partial charge in [0.15, 0.2) is 0 Å². The third-order valence-corrected chi connectivity index (χ3v) is 4.18. The summed E-state index contributed by atoms with van der Waals surface area (Å²) in [7, 11) is 3.14. The number of fused-ring (bicyclic) bond motifs is 1. The normalized spacial score (nSPS) is 15.8. The molecular formula is C19H22N2O4. The number of rotatable bonds is 4. The van der Waals surface area contributed by atoms with E-state index in [2.05, 4.69) is 5.32 Å². The van der Waals surface area contributed by atoms with Crippen LogP contribution >= 0.6 is 0 Å². The van der Waals surface area contributed by atoms with Crippen molar-refractivity contribution in [1.82, 2.24) is 0 Å². The second kappa shape index (κ2) is 7.34. The SMILES string of the molecule is CC[C@H]1CN(C(=O)Nc2cc(OC)ccc2OC)c2ccccc2O1. The van der Waals surface area contributed by atoms with E-state index in [1.807, 2.05) is 31.2 Å². The van der Waals surface area contributed by atoms with Gasteiger partial charge in [-0.05, 0) is 30.7 Å². The molecule has 0 aliphatic carbocycles. The number of benzene rings is 2. The molecule has 0 aromatic heterocycles. The van der Waals surface area contributed by atoms with Crippen LogP contribution in [-0.4, -0.2) is 32.9 Å². The quantitative estimate of drug-likeness (QED) is 0.915. The zero-order valence-corrected chi connectivity index (χ0v) is 14.6. The number of urea groups is 1. The highest BCUT2D eigenvalue weighted by atomic mass is 16.5. The monoisotopic (exact) mass is 342 g/mol. The number of amides is 2. The fraction of sp³-hybridized carbons (Fsp3) is 0.316. The number of nitrogens with one attached hydrogen (secondary N) is 1. The molecule has 0 spiro atoms. The summed E-state index contributed by atoms with van der Waals surface area (Å²) < 4.78 is 16.5. The van der Waals surface area contributed by atoms with Gasteiger partial charge in [-0.1, -0.05) is 19.1 Å². The molecule has 25 heavy (non-hydrogen) atoms. The van der Waals surface area contributed by atoms with Crippen LogP contribution in [0.2, 0.25) is 0 Å². The van der Waals surface area contributed by atoms with Crippen molar-refractivity contribution in [3.8, 4) is 17.2 Å². The second-order valence-electron chi connectivity index (χ2n) is 5.72. The van der Waals surface area contributed by atoms with Crippen molar-refractivity contribution >= 4 is 17.4 Å². The van der Waals surface area contributed by atoms with Crippen LogP contribution in [0.15, 0.2) is 42.5 Å². The molecule has 6 nitrogen and oxygen atoms in total. The smallest absolute Gasteiger partial charge is 0.326 e. The lowest BCUT2D eigenvalue weighted by Gasteiger charge is -2.34. The van der Waals surface area contributed by atoms with E-state index >= 15 is 0 Å². The third-order valence-electron chi connectivity index (χ3n) is 4.18. The van der Waals surface area contributed by atoms with Crippen LogP contribution in [0.1, 0.15) is 13.3 Å². The lowest BCUT2D eigenvalue weighted by molar-refractivity contribution is 0.188. The number of anilines is 2. The van der Waals surface area contributed by atoms with Gasteiger partial charge in [-0.15, -0.1) is 0 Å². The van der Waals surface area contributed by atoms with Crippen molar-refractivity contribution in [3.05, 3.63) is 42.5 Å². The molecular weight excluding hydrogens is 320 g/mol. The molecule has 1 heterocycles. The van der Waals surface area contributed by atoms with Gasteiger partial charge in [-0.25, -0.2) is 4.79 Å². The Kier molecular flexibility index (Phi) is 4.97. The number of carbonyl (C=O) groups excluding carboxylic acids is 1. The molecule has 0 saturated heterocycles. The van der Waals surface area contributed by atoms with E-state index in [0.29, 0.717) is 29.5 Å². The molecule has 0 fully saturated rings. The molecule has 1 aliphatic rings. The first kappa shape index (κ1) is 17.0. The molecule has 0 saturated carbocycles. The fourth-order valence-electron chi connectivity index (χ4n) is 2.80. The number of nitrogens with zero attached hydrogens (tertiary/aromatic N) is 1. The molecule has 1 aliphatic heterocycles. The van der Waals surface area contributed by atoms with Crippen molar-refractivity contribution in [1.29, 1.82) is 0 Å². The zero-order chi connectivity index (χ0) is 17.8. The van der Waals surface area contributed by atoms with Crippen LogP contribution in [0, 0.1) is 0 Å². The summed E-state index contributed by atoms with van der Waals surface area (Å²) in [4.78, 5) is 14.6. The first-order chi connectivity index (χ1) is 12.2. The Balaban J connectivity index is 1.88. The summed E-state index contributed by atoms with van der Waals surface area (Å²) in [5.41, 5.74) is 1.32. The fourth-order valence-corrected chi connectivity index (χ4v) is 2.80. The average molecular weight is 342 g/mol. The number of methoxy groups -OCH3 is 2. The van der Waals surface area contributed by atoms with Crippen LogP contribution in [0.4, 0.5) is 16.2 Å². The maximum absolute atomic E-state index is 12.9. The molecule has 2 aromatic carbocycles. The van der Waals surface area contributed by atoms with E-state index in [4.69, 9.17) is 14.2 Å². The second-order valence-corrected chi connectivity index (χ2v) is 5.72. The molecule has 1 atom stereocenters. The van der Waals surface area contributed by atoms with E-state index < -0.39 is 0 Å². The molecule has 0 unspecified atom stereocenters. The first-order valence-corrected chi connectivity index (χ1v) is 8.22. The standard InChI is InChI=1S/C19H22N2O4/c1-4-13-12-21(16-7-5-6-8-18(16)25-13)19(22)20-15-11-14(23-2)9-10-17(15)24-3/h5-11,13H,4,12H2,1-3H3,(H,20,22)/t13-/m0/s1. The molecule has 2 aromatic rings. The number of hydrogen-bond acceptors (Lipinski definition) is 4. The minimum absolute atomic E-state index is 0.0344. The molecule has 0 bridgehead atoms. The maximum Gasteiger partial charge on any atom is 0.326 e. The molecule has 132 valence electrons. The van der Waals surface area contributed by atoms with Crippen LogP contribution in [0.5, 0.6) is 17.2 Å². The highest BCUT2D eigenvalue weighted by molar-refractivity contribution is 6.03. The van der Waals surface area contributed by atoms with Gasteiger partial charge in [-0.2, -0.15) is 0 Å². The van der Waals surface area contributed by atoms with Gasteiger partial charge in [-0.3, -0.25) is 4.90 Å². The van der Waals surface area contributed by atoms with Crippen LogP contribution in [0.25, 0.3) is 0 Å². The van der Waals surface area contributed by atoms with Crippen molar-refractivity contribution in [2.24, 2.45) is 0 Å². The zero-order valence-electron chi connectivity index (χ0n) is 14.6. The summed E-state index contributed by atoms with van der Waals surface area (Å²) in [6, 6.07) is 12.6. The number of carbonyl (C=O) groups is 1. The third kappa shape index (κ3) is 3.47. The largest absolute Gasteiger partial charge is 0.497 e. The Labute approximate surface area is 147 Å².